The Balaban J connectivity index is 2.41. The van der Waals surface area contributed by atoms with Crippen molar-refractivity contribution in [3.8, 4) is 11.1 Å². The summed E-state index contributed by atoms with van der Waals surface area (Å²) < 4.78 is 20.8. The zero-order chi connectivity index (χ0) is 15.7. The first kappa shape index (κ1) is 15.4. The Kier molecular flexibility index (Phi) is 4.45. The molecule has 0 spiro atoms. The standard InChI is InChI=1S/C17H11Br2FO2/c18-8-7-15-16(11-3-1-2-4-13(11)20)17(21)12-9-10(19)5-6-14(12)22-15/h1-6,9H,7-8H2. The van der Waals surface area contributed by atoms with Crippen LogP contribution in [0.1, 0.15) is 5.76 Å². The molecule has 0 radical (unpaired) electrons. The van der Waals surface area contributed by atoms with Crippen molar-refractivity contribution < 1.29 is 8.81 Å². The maximum absolute atomic E-state index is 14.2. The third-order valence-corrected chi connectivity index (χ3v) is 4.28. The molecule has 0 atom stereocenters. The quantitative estimate of drug-likeness (QED) is 0.533. The van der Waals surface area contributed by atoms with Crippen molar-refractivity contribution in [1.82, 2.24) is 0 Å². The number of rotatable bonds is 3. The highest BCUT2D eigenvalue weighted by Gasteiger charge is 2.18. The smallest absolute Gasteiger partial charge is 0.200 e. The Morgan fingerprint density at radius 1 is 1.14 bits per heavy atom. The molecular weight excluding hydrogens is 415 g/mol. The van der Waals surface area contributed by atoms with Crippen LogP contribution in [0.15, 0.2) is 56.1 Å². The van der Waals surface area contributed by atoms with Gasteiger partial charge in [0.1, 0.15) is 17.2 Å². The van der Waals surface area contributed by atoms with E-state index in [1.807, 2.05) is 6.07 Å². The van der Waals surface area contributed by atoms with E-state index in [1.165, 1.54) is 6.07 Å². The number of benzene rings is 2. The molecule has 1 aromatic heterocycles. The summed E-state index contributed by atoms with van der Waals surface area (Å²) in [5.74, 6) is 0.0572. The minimum atomic E-state index is -0.431. The lowest BCUT2D eigenvalue weighted by molar-refractivity contribution is 0.546. The van der Waals surface area contributed by atoms with Gasteiger partial charge in [0.25, 0.3) is 0 Å². The molecule has 0 amide bonds. The second kappa shape index (κ2) is 6.34. The number of hydrogen-bond donors (Lipinski definition) is 0. The topological polar surface area (TPSA) is 30.2 Å². The molecule has 0 aliphatic heterocycles. The van der Waals surface area contributed by atoms with Crippen molar-refractivity contribution in [3.05, 3.63) is 68.7 Å². The Bertz CT molecular complexity index is 903. The van der Waals surface area contributed by atoms with E-state index in [0.29, 0.717) is 34.0 Å². The van der Waals surface area contributed by atoms with Crippen molar-refractivity contribution in [2.24, 2.45) is 0 Å². The summed E-state index contributed by atoms with van der Waals surface area (Å²) in [5, 5.41) is 1.06. The van der Waals surface area contributed by atoms with Crippen LogP contribution in [0.4, 0.5) is 4.39 Å². The Morgan fingerprint density at radius 2 is 1.91 bits per heavy atom. The summed E-state index contributed by atoms with van der Waals surface area (Å²) in [4.78, 5) is 12.9. The molecule has 22 heavy (non-hydrogen) atoms. The minimum Gasteiger partial charge on any atom is -0.460 e. The van der Waals surface area contributed by atoms with Crippen LogP contribution in [-0.2, 0) is 6.42 Å². The van der Waals surface area contributed by atoms with E-state index in [0.717, 1.165) is 4.47 Å². The monoisotopic (exact) mass is 424 g/mol. The van der Waals surface area contributed by atoms with E-state index in [-0.39, 0.29) is 11.0 Å². The Hall–Kier alpha value is -1.46. The van der Waals surface area contributed by atoms with Gasteiger partial charge in [0, 0.05) is 21.8 Å². The molecule has 0 bridgehead atoms. The zero-order valence-corrected chi connectivity index (χ0v) is 14.6. The number of hydrogen-bond acceptors (Lipinski definition) is 2. The van der Waals surface area contributed by atoms with Gasteiger partial charge in [0.15, 0.2) is 0 Å². The highest BCUT2D eigenvalue weighted by molar-refractivity contribution is 9.10. The van der Waals surface area contributed by atoms with Crippen molar-refractivity contribution in [2.75, 3.05) is 5.33 Å². The molecule has 0 aliphatic rings. The number of halogens is 3. The molecule has 2 nitrogen and oxygen atoms in total. The molecule has 1 heterocycles. The van der Waals surface area contributed by atoms with Gasteiger partial charge in [-0.1, -0.05) is 50.1 Å². The summed E-state index contributed by atoms with van der Waals surface area (Å²) >= 11 is 6.70. The number of alkyl halides is 1. The van der Waals surface area contributed by atoms with Crippen LogP contribution in [0.25, 0.3) is 22.1 Å². The van der Waals surface area contributed by atoms with Gasteiger partial charge in [-0.25, -0.2) is 4.39 Å². The van der Waals surface area contributed by atoms with Gasteiger partial charge in [-0.15, -0.1) is 0 Å². The van der Waals surface area contributed by atoms with Gasteiger partial charge in [0.2, 0.25) is 5.43 Å². The van der Waals surface area contributed by atoms with Crippen molar-refractivity contribution >= 4 is 42.8 Å². The molecule has 0 saturated carbocycles. The second-order valence-corrected chi connectivity index (χ2v) is 6.50. The Labute approximate surface area is 143 Å². The van der Waals surface area contributed by atoms with Gasteiger partial charge in [-0.05, 0) is 24.3 Å². The average Bonchev–Trinajstić information content (AvgIpc) is 2.50. The van der Waals surface area contributed by atoms with Gasteiger partial charge in [0.05, 0.1) is 10.9 Å². The largest absolute Gasteiger partial charge is 0.460 e. The van der Waals surface area contributed by atoms with E-state index < -0.39 is 5.82 Å². The fraction of sp³-hybridized carbons (Fsp3) is 0.118. The predicted octanol–water partition coefficient (Wildman–Crippen LogP) is 5.30. The lowest BCUT2D eigenvalue weighted by Crippen LogP contribution is -2.10. The zero-order valence-electron chi connectivity index (χ0n) is 11.4. The van der Waals surface area contributed by atoms with Gasteiger partial charge in [-0.3, -0.25) is 4.79 Å². The lowest BCUT2D eigenvalue weighted by Gasteiger charge is -2.10. The van der Waals surface area contributed by atoms with Gasteiger partial charge < -0.3 is 4.42 Å². The second-order valence-electron chi connectivity index (χ2n) is 4.79. The average molecular weight is 426 g/mol. The highest BCUT2D eigenvalue weighted by atomic mass is 79.9. The maximum atomic E-state index is 14.2. The molecule has 3 rings (SSSR count). The molecule has 2 aromatic carbocycles. The third kappa shape index (κ3) is 2.75. The van der Waals surface area contributed by atoms with Crippen LogP contribution in [0.2, 0.25) is 0 Å². The predicted molar refractivity (Wildman–Crippen MR) is 93.1 cm³/mol. The summed E-state index contributed by atoms with van der Waals surface area (Å²) in [6.07, 6.45) is 0.505. The molecule has 5 heteroatoms. The lowest BCUT2D eigenvalue weighted by atomic mass is 10.0. The highest BCUT2D eigenvalue weighted by Crippen LogP contribution is 2.28. The molecule has 3 aromatic rings. The fourth-order valence-corrected chi connectivity index (χ4v) is 3.13. The first-order valence-corrected chi connectivity index (χ1v) is 8.59. The van der Waals surface area contributed by atoms with Crippen molar-refractivity contribution in [2.45, 2.75) is 6.42 Å². The summed E-state index contributed by atoms with van der Waals surface area (Å²) in [6, 6.07) is 11.5. The van der Waals surface area contributed by atoms with Crippen LogP contribution < -0.4 is 5.43 Å². The van der Waals surface area contributed by atoms with Gasteiger partial charge >= 0.3 is 0 Å². The minimum absolute atomic E-state index is 0.219. The first-order chi connectivity index (χ1) is 10.6. The van der Waals surface area contributed by atoms with E-state index in [4.69, 9.17) is 4.42 Å². The molecule has 0 fully saturated rings. The normalized spacial score (nSPS) is 11.0. The molecule has 0 saturated heterocycles. The van der Waals surface area contributed by atoms with Crippen LogP contribution in [-0.4, -0.2) is 5.33 Å². The van der Waals surface area contributed by atoms with E-state index in [1.54, 1.807) is 30.3 Å². The Morgan fingerprint density at radius 3 is 2.64 bits per heavy atom. The molecular formula is C17H11Br2FO2. The van der Waals surface area contributed by atoms with Crippen LogP contribution in [0, 0.1) is 5.82 Å². The molecule has 112 valence electrons. The van der Waals surface area contributed by atoms with Gasteiger partial charge in [-0.2, -0.15) is 0 Å². The number of aryl methyl sites for hydroxylation is 1. The van der Waals surface area contributed by atoms with E-state index >= 15 is 0 Å². The van der Waals surface area contributed by atoms with E-state index in [9.17, 15) is 9.18 Å². The van der Waals surface area contributed by atoms with Crippen LogP contribution >= 0.6 is 31.9 Å². The molecule has 0 N–H and O–H groups in total. The van der Waals surface area contributed by atoms with Crippen molar-refractivity contribution in [3.63, 3.8) is 0 Å². The van der Waals surface area contributed by atoms with Crippen LogP contribution in [0.5, 0.6) is 0 Å². The van der Waals surface area contributed by atoms with Crippen LogP contribution in [0.3, 0.4) is 0 Å². The maximum Gasteiger partial charge on any atom is 0.200 e. The third-order valence-electron chi connectivity index (χ3n) is 3.39. The summed E-state index contributed by atoms with van der Waals surface area (Å²) in [7, 11) is 0. The molecule has 0 unspecified atom stereocenters. The molecule has 0 aliphatic carbocycles. The SMILES string of the molecule is O=c1c(-c2ccccc2F)c(CCBr)oc2ccc(Br)cc12. The summed E-state index contributed by atoms with van der Waals surface area (Å²) in [6.45, 7) is 0. The fourth-order valence-electron chi connectivity index (χ4n) is 2.41. The first-order valence-electron chi connectivity index (χ1n) is 6.68. The summed E-state index contributed by atoms with van der Waals surface area (Å²) in [5.41, 5.74) is 0.852. The number of fused-ring (bicyclic) bond motifs is 1. The van der Waals surface area contributed by atoms with E-state index in [2.05, 4.69) is 31.9 Å². The van der Waals surface area contributed by atoms with Crippen molar-refractivity contribution in [1.29, 1.82) is 0 Å².